The first-order valence-electron chi connectivity index (χ1n) is 12.6. The normalized spacial score (nSPS) is 18.1. The summed E-state index contributed by atoms with van der Waals surface area (Å²) >= 11 is 0. The third-order valence-electron chi connectivity index (χ3n) is 6.31. The van der Waals surface area contributed by atoms with Crippen molar-refractivity contribution in [3.8, 4) is 23.0 Å². The van der Waals surface area contributed by atoms with E-state index in [2.05, 4.69) is 0 Å². The van der Waals surface area contributed by atoms with Gasteiger partial charge in [0.2, 0.25) is 0 Å². The van der Waals surface area contributed by atoms with Gasteiger partial charge in [0.25, 0.3) is 11.7 Å². The molecular weight excluding hydrogens is 490 g/mol. The molecule has 0 saturated carbocycles. The van der Waals surface area contributed by atoms with Crippen LogP contribution in [0.2, 0.25) is 0 Å². The number of rotatable bonds is 9. The van der Waals surface area contributed by atoms with Gasteiger partial charge in [0.05, 0.1) is 37.6 Å². The number of carbonyl (C=O) groups is 2. The number of ketones is 1. The molecule has 1 saturated heterocycles. The zero-order chi connectivity index (χ0) is 26.6. The summed E-state index contributed by atoms with van der Waals surface area (Å²) in [6.07, 6.45) is 2.33. The SMILES string of the molecule is CCCOc1ccc([C@H]2/C(=C(\O)c3ccc4c(c3)OCCO4)C(=O)C(=O)N2Cc2ccco2)cc1OCC. The van der Waals surface area contributed by atoms with E-state index in [1.807, 2.05) is 13.8 Å². The Kier molecular flexibility index (Phi) is 7.26. The molecule has 1 N–H and O–H groups in total. The number of Topliss-reactive ketones (excluding diaryl/α,β-unsaturated/α-hetero) is 1. The van der Waals surface area contributed by atoms with Crippen molar-refractivity contribution >= 4 is 17.4 Å². The second kappa shape index (κ2) is 10.9. The maximum atomic E-state index is 13.4. The highest BCUT2D eigenvalue weighted by molar-refractivity contribution is 6.46. The van der Waals surface area contributed by atoms with Crippen molar-refractivity contribution in [3.63, 3.8) is 0 Å². The molecule has 38 heavy (non-hydrogen) atoms. The molecule has 2 aliphatic heterocycles. The topological polar surface area (TPSA) is 108 Å². The van der Waals surface area contributed by atoms with Gasteiger partial charge in [-0.15, -0.1) is 0 Å². The van der Waals surface area contributed by atoms with E-state index in [1.165, 1.54) is 11.2 Å². The number of fused-ring (bicyclic) bond motifs is 1. The van der Waals surface area contributed by atoms with Gasteiger partial charge in [-0.2, -0.15) is 0 Å². The minimum atomic E-state index is -0.896. The number of hydrogen-bond acceptors (Lipinski definition) is 8. The summed E-state index contributed by atoms with van der Waals surface area (Å²) in [5.41, 5.74) is 0.883. The third kappa shape index (κ3) is 4.79. The van der Waals surface area contributed by atoms with Crippen LogP contribution in [-0.4, -0.2) is 48.1 Å². The Morgan fingerprint density at radius 3 is 2.55 bits per heavy atom. The molecule has 5 rings (SSSR count). The first-order valence-corrected chi connectivity index (χ1v) is 12.6. The van der Waals surface area contributed by atoms with Crippen LogP contribution >= 0.6 is 0 Å². The van der Waals surface area contributed by atoms with Crippen LogP contribution in [0.5, 0.6) is 23.0 Å². The summed E-state index contributed by atoms with van der Waals surface area (Å²) < 4.78 is 28.4. The number of aliphatic hydroxyl groups excluding tert-OH is 1. The Morgan fingerprint density at radius 2 is 1.82 bits per heavy atom. The maximum Gasteiger partial charge on any atom is 0.296 e. The standard InChI is InChI=1S/C29H29NO8/c1-3-11-36-21-9-7-18(15-23(21)34-4-2)26-25(28(32)29(33)30(26)17-20-6-5-12-35-20)27(31)19-8-10-22-24(16-19)38-14-13-37-22/h5-10,12,15-16,26,31H,3-4,11,13-14,17H2,1-2H3/b27-25+/t26-/m0/s1. The largest absolute Gasteiger partial charge is 0.507 e. The number of ether oxygens (including phenoxy) is 4. The fraction of sp³-hybridized carbons (Fsp3) is 0.310. The van der Waals surface area contributed by atoms with Crippen LogP contribution in [0, 0.1) is 0 Å². The molecule has 9 heteroatoms. The third-order valence-corrected chi connectivity index (χ3v) is 6.31. The van der Waals surface area contributed by atoms with Gasteiger partial charge < -0.3 is 33.4 Å². The monoisotopic (exact) mass is 519 g/mol. The van der Waals surface area contributed by atoms with Crippen LogP contribution in [0.1, 0.15) is 43.2 Å². The van der Waals surface area contributed by atoms with Crippen molar-refractivity contribution < 1.29 is 38.1 Å². The predicted molar refractivity (Wildman–Crippen MR) is 137 cm³/mol. The molecule has 9 nitrogen and oxygen atoms in total. The molecular formula is C29H29NO8. The minimum absolute atomic E-state index is 0.0390. The molecule has 0 aliphatic carbocycles. The lowest BCUT2D eigenvalue weighted by Crippen LogP contribution is -2.29. The molecule has 3 heterocycles. The lowest BCUT2D eigenvalue weighted by Gasteiger charge is -2.25. The van der Waals surface area contributed by atoms with E-state index in [1.54, 1.807) is 48.5 Å². The summed E-state index contributed by atoms with van der Waals surface area (Å²) in [6.45, 7) is 5.62. The smallest absolute Gasteiger partial charge is 0.296 e. The average molecular weight is 520 g/mol. The Labute approximate surface area is 220 Å². The Bertz CT molecular complexity index is 1360. The highest BCUT2D eigenvalue weighted by Crippen LogP contribution is 2.43. The quantitative estimate of drug-likeness (QED) is 0.243. The van der Waals surface area contributed by atoms with Crippen molar-refractivity contribution in [2.24, 2.45) is 0 Å². The van der Waals surface area contributed by atoms with Crippen LogP contribution in [0.25, 0.3) is 5.76 Å². The number of likely N-dealkylation sites (tertiary alicyclic amines) is 1. The van der Waals surface area contributed by atoms with Crippen LogP contribution in [0.3, 0.4) is 0 Å². The summed E-state index contributed by atoms with van der Waals surface area (Å²) in [7, 11) is 0. The zero-order valence-electron chi connectivity index (χ0n) is 21.3. The number of furan rings is 1. The van der Waals surface area contributed by atoms with E-state index in [4.69, 9.17) is 23.4 Å². The van der Waals surface area contributed by atoms with E-state index in [9.17, 15) is 14.7 Å². The summed E-state index contributed by atoms with van der Waals surface area (Å²) in [4.78, 5) is 28.1. The van der Waals surface area contributed by atoms with Crippen molar-refractivity contribution in [2.75, 3.05) is 26.4 Å². The van der Waals surface area contributed by atoms with E-state index < -0.39 is 17.7 Å². The summed E-state index contributed by atoms with van der Waals surface area (Å²) in [5.74, 6) is 0.715. The zero-order valence-corrected chi connectivity index (χ0v) is 21.3. The number of benzene rings is 2. The second-order valence-electron chi connectivity index (χ2n) is 8.85. The maximum absolute atomic E-state index is 13.4. The fourth-order valence-electron chi connectivity index (χ4n) is 4.60. The summed E-state index contributed by atoms with van der Waals surface area (Å²) in [5, 5.41) is 11.4. The molecule has 1 fully saturated rings. The number of nitrogens with zero attached hydrogens (tertiary/aromatic N) is 1. The van der Waals surface area contributed by atoms with Crippen molar-refractivity contribution in [3.05, 3.63) is 77.3 Å². The van der Waals surface area contributed by atoms with Crippen LogP contribution in [0.15, 0.2) is 64.8 Å². The average Bonchev–Trinajstić information content (AvgIpc) is 3.54. The first kappa shape index (κ1) is 25.3. The van der Waals surface area contributed by atoms with Gasteiger partial charge in [0.15, 0.2) is 23.0 Å². The molecule has 1 amide bonds. The molecule has 1 aromatic heterocycles. The van der Waals surface area contributed by atoms with Gasteiger partial charge in [0, 0.05) is 5.56 Å². The van der Waals surface area contributed by atoms with E-state index >= 15 is 0 Å². The molecule has 2 aromatic carbocycles. The highest BCUT2D eigenvalue weighted by Gasteiger charge is 2.46. The molecule has 0 unspecified atom stereocenters. The molecule has 0 radical (unpaired) electrons. The van der Waals surface area contributed by atoms with Crippen molar-refractivity contribution in [1.29, 1.82) is 0 Å². The van der Waals surface area contributed by atoms with Gasteiger partial charge in [-0.25, -0.2) is 0 Å². The Morgan fingerprint density at radius 1 is 1.00 bits per heavy atom. The lowest BCUT2D eigenvalue weighted by molar-refractivity contribution is -0.140. The van der Waals surface area contributed by atoms with Gasteiger partial charge in [-0.1, -0.05) is 13.0 Å². The summed E-state index contributed by atoms with van der Waals surface area (Å²) in [6, 6.07) is 12.7. The van der Waals surface area contributed by atoms with E-state index in [0.29, 0.717) is 66.3 Å². The van der Waals surface area contributed by atoms with Gasteiger partial charge in [-0.05, 0) is 61.4 Å². The van der Waals surface area contributed by atoms with Gasteiger partial charge in [0.1, 0.15) is 24.7 Å². The number of aliphatic hydroxyl groups is 1. The predicted octanol–water partition coefficient (Wildman–Crippen LogP) is 4.86. The molecule has 3 aromatic rings. The highest BCUT2D eigenvalue weighted by atomic mass is 16.6. The first-order chi connectivity index (χ1) is 18.5. The molecule has 0 spiro atoms. The van der Waals surface area contributed by atoms with Crippen LogP contribution < -0.4 is 18.9 Å². The van der Waals surface area contributed by atoms with Crippen molar-refractivity contribution in [2.45, 2.75) is 32.9 Å². The number of amides is 1. The second-order valence-corrected chi connectivity index (χ2v) is 8.85. The Balaban J connectivity index is 1.63. The molecule has 1 atom stereocenters. The van der Waals surface area contributed by atoms with Gasteiger partial charge >= 0.3 is 0 Å². The minimum Gasteiger partial charge on any atom is -0.507 e. The van der Waals surface area contributed by atoms with Gasteiger partial charge in [-0.3, -0.25) is 9.59 Å². The fourth-order valence-corrected chi connectivity index (χ4v) is 4.60. The number of carbonyl (C=O) groups excluding carboxylic acids is 2. The van der Waals surface area contributed by atoms with E-state index in [-0.39, 0.29) is 17.9 Å². The molecule has 2 aliphatic rings. The van der Waals surface area contributed by atoms with Crippen LogP contribution in [-0.2, 0) is 16.1 Å². The lowest BCUT2D eigenvalue weighted by atomic mass is 9.94. The van der Waals surface area contributed by atoms with E-state index in [0.717, 1.165) is 6.42 Å². The number of hydrogen-bond donors (Lipinski definition) is 1. The molecule has 198 valence electrons. The van der Waals surface area contributed by atoms with Crippen LogP contribution in [0.4, 0.5) is 0 Å². The Hall–Kier alpha value is -4.40. The molecule has 0 bridgehead atoms. The van der Waals surface area contributed by atoms with Crippen molar-refractivity contribution in [1.82, 2.24) is 4.90 Å².